The monoisotopic (exact) mass is 421 g/mol. The summed E-state index contributed by atoms with van der Waals surface area (Å²) in [5.41, 5.74) is 1.05. The summed E-state index contributed by atoms with van der Waals surface area (Å²) >= 11 is 7.34. The smallest absolute Gasteiger partial charge is 0.191 e. The Labute approximate surface area is 175 Å². The highest BCUT2D eigenvalue weighted by molar-refractivity contribution is 7.16. The number of hydrogen-bond donors (Lipinski definition) is 3. The van der Waals surface area contributed by atoms with Crippen molar-refractivity contribution >= 4 is 34.7 Å². The summed E-state index contributed by atoms with van der Waals surface area (Å²) in [7, 11) is 0. The molecule has 8 heteroatoms. The van der Waals surface area contributed by atoms with Crippen LogP contribution in [0.25, 0.3) is 0 Å². The lowest BCUT2D eigenvalue weighted by Gasteiger charge is -2.34. The Morgan fingerprint density at radius 1 is 1.36 bits per heavy atom. The lowest BCUT2D eigenvalue weighted by atomic mass is 10.1. The second kappa shape index (κ2) is 10.1. The van der Waals surface area contributed by atoms with E-state index in [1.165, 1.54) is 11.3 Å². The molecule has 3 N–H and O–H groups in total. The first-order valence-electron chi connectivity index (χ1n) is 9.72. The predicted octanol–water partition coefficient (Wildman–Crippen LogP) is 3.36. The SMILES string of the molecule is CCNC(=NCC(O)c1ccc(Cl)s1)NC1CCN(c2cccc(C)n2)CC1. The van der Waals surface area contributed by atoms with E-state index in [4.69, 9.17) is 11.6 Å². The van der Waals surface area contributed by atoms with Gasteiger partial charge in [-0.05, 0) is 51.0 Å². The molecule has 2 aromatic heterocycles. The summed E-state index contributed by atoms with van der Waals surface area (Å²) in [6.45, 7) is 7.07. The van der Waals surface area contributed by atoms with E-state index in [0.29, 0.717) is 16.9 Å². The van der Waals surface area contributed by atoms with Crippen LogP contribution in [-0.2, 0) is 0 Å². The van der Waals surface area contributed by atoms with Crippen LogP contribution in [0.15, 0.2) is 35.3 Å². The molecule has 0 aliphatic carbocycles. The summed E-state index contributed by atoms with van der Waals surface area (Å²) in [5.74, 6) is 1.80. The van der Waals surface area contributed by atoms with E-state index in [1.807, 2.05) is 26.0 Å². The van der Waals surface area contributed by atoms with Crippen LogP contribution in [0.4, 0.5) is 5.82 Å². The molecule has 1 aliphatic rings. The minimum absolute atomic E-state index is 0.304. The van der Waals surface area contributed by atoms with Crippen LogP contribution in [-0.4, -0.2) is 48.3 Å². The van der Waals surface area contributed by atoms with Crippen molar-refractivity contribution in [2.75, 3.05) is 31.1 Å². The van der Waals surface area contributed by atoms with Crippen molar-refractivity contribution in [1.29, 1.82) is 0 Å². The van der Waals surface area contributed by atoms with Crippen molar-refractivity contribution in [3.63, 3.8) is 0 Å². The lowest BCUT2D eigenvalue weighted by molar-refractivity contribution is 0.191. The van der Waals surface area contributed by atoms with Gasteiger partial charge in [0.15, 0.2) is 5.96 Å². The number of halogens is 1. The molecule has 1 fully saturated rings. The Bertz CT molecular complexity index is 788. The molecular weight excluding hydrogens is 394 g/mol. The predicted molar refractivity (Wildman–Crippen MR) is 118 cm³/mol. The number of piperidine rings is 1. The van der Waals surface area contributed by atoms with E-state index in [1.54, 1.807) is 6.07 Å². The van der Waals surface area contributed by atoms with Crippen LogP contribution >= 0.6 is 22.9 Å². The molecule has 0 bridgehead atoms. The van der Waals surface area contributed by atoms with Crippen LogP contribution < -0.4 is 15.5 Å². The fraction of sp³-hybridized carbons (Fsp3) is 0.500. The molecule has 1 aliphatic heterocycles. The normalized spacial score (nSPS) is 16.9. The van der Waals surface area contributed by atoms with E-state index in [-0.39, 0.29) is 0 Å². The van der Waals surface area contributed by atoms with E-state index >= 15 is 0 Å². The van der Waals surface area contributed by atoms with Gasteiger partial charge in [-0.3, -0.25) is 4.99 Å². The average Bonchev–Trinajstić information content (AvgIpc) is 3.13. The van der Waals surface area contributed by atoms with Gasteiger partial charge in [0.05, 0.1) is 10.9 Å². The molecule has 2 aromatic rings. The van der Waals surface area contributed by atoms with Crippen LogP contribution in [0, 0.1) is 6.92 Å². The van der Waals surface area contributed by atoms with Crippen LogP contribution in [0.3, 0.4) is 0 Å². The molecule has 0 saturated carbocycles. The average molecular weight is 422 g/mol. The standard InChI is InChI=1S/C20H28ClN5OS/c1-3-22-20(23-13-16(27)17-7-8-18(21)28-17)25-15-9-11-26(12-10-15)19-6-4-5-14(2)24-19/h4-8,15-16,27H,3,9-13H2,1-2H3,(H2,22,23,25). The minimum Gasteiger partial charge on any atom is -0.386 e. The number of thiophene rings is 1. The number of anilines is 1. The maximum Gasteiger partial charge on any atom is 0.191 e. The van der Waals surface area contributed by atoms with Gasteiger partial charge >= 0.3 is 0 Å². The second-order valence-corrected chi connectivity index (χ2v) is 8.67. The quantitative estimate of drug-likeness (QED) is 0.492. The molecule has 3 rings (SSSR count). The zero-order valence-corrected chi connectivity index (χ0v) is 17.9. The van der Waals surface area contributed by atoms with Crippen LogP contribution in [0.5, 0.6) is 0 Å². The highest BCUT2D eigenvalue weighted by atomic mass is 35.5. The first kappa shape index (κ1) is 20.9. The largest absolute Gasteiger partial charge is 0.386 e. The number of aromatic nitrogens is 1. The van der Waals surface area contributed by atoms with Crippen LogP contribution in [0.1, 0.15) is 36.4 Å². The Balaban J connectivity index is 1.53. The maximum absolute atomic E-state index is 10.3. The van der Waals surface area contributed by atoms with Crippen molar-refractivity contribution in [3.8, 4) is 0 Å². The molecule has 152 valence electrons. The topological polar surface area (TPSA) is 72.8 Å². The molecule has 28 heavy (non-hydrogen) atoms. The van der Waals surface area contributed by atoms with Crippen molar-refractivity contribution in [2.45, 2.75) is 38.8 Å². The number of nitrogens with one attached hydrogen (secondary N) is 2. The number of rotatable bonds is 6. The van der Waals surface area contributed by atoms with Gasteiger partial charge in [0.2, 0.25) is 0 Å². The molecule has 0 aromatic carbocycles. The third kappa shape index (κ3) is 5.83. The van der Waals surface area contributed by atoms with Crippen molar-refractivity contribution in [1.82, 2.24) is 15.6 Å². The van der Waals surface area contributed by atoms with E-state index in [0.717, 1.165) is 54.8 Å². The highest BCUT2D eigenvalue weighted by Crippen LogP contribution is 2.27. The number of aliphatic imine (C=N–C) groups is 1. The molecule has 0 spiro atoms. The molecule has 1 atom stereocenters. The van der Waals surface area contributed by atoms with Gasteiger partial charge in [-0.15, -0.1) is 11.3 Å². The van der Waals surface area contributed by atoms with Crippen molar-refractivity contribution < 1.29 is 5.11 Å². The van der Waals surface area contributed by atoms with Crippen molar-refractivity contribution in [3.05, 3.63) is 45.2 Å². The van der Waals surface area contributed by atoms with E-state index < -0.39 is 6.10 Å². The summed E-state index contributed by atoms with van der Waals surface area (Å²) in [6, 6.07) is 10.2. The fourth-order valence-corrected chi connectivity index (χ4v) is 4.28. The lowest BCUT2D eigenvalue weighted by Crippen LogP contribution is -2.49. The number of pyridine rings is 1. The van der Waals surface area contributed by atoms with Gasteiger partial charge < -0.3 is 20.6 Å². The Morgan fingerprint density at radius 2 is 2.14 bits per heavy atom. The highest BCUT2D eigenvalue weighted by Gasteiger charge is 2.21. The van der Waals surface area contributed by atoms with Gasteiger partial charge in [-0.25, -0.2) is 4.98 Å². The molecule has 0 amide bonds. The number of guanidine groups is 1. The Kier molecular flexibility index (Phi) is 7.53. The number of nitrogens with zero attached hydrogens (tertiary/aromatic N) is 3. The molecule has 6 nitrogen and oxygen atoms in total. The number of aliphatic hydroxyl groups is 1. The second-order valence-electron chi connectivity index (χ2n) is 6.92. The number of aryl methyl sites for hydroxylation is 1. The molecule has 0 radical (unpaired) electrons. The first-order chi connectivity index (χ1) is 13.5. The Morgan fingerprint density at radius 3 is 2.79 bits per heavy atom. The van der Waals surface area contributed by atoms with Gasteiger partial charge in [-0.2, -0.15) is 0 Å². The fourth-order valence-electron chi connectivity index (χ4n) is 3.25. The zero-order chi connectivity index (χ0) is 19.9. The summed E-state index contributed by atoms with van der Waals surface area (Å²) in [4.78, 5) is 12.4. The molecule has 3 heterocycles. The first-order valence-corrected chi connectivity index (χ1v) is 10.9. The van der Waals surface area contributed by atoms with E-state index in [9.17, 15) is 5.11 Å². The minimum atomic E-state index is -0.637. The molecule has 1 unspecified atom stereocenters. The van der Waals surface area contributed by atoms with E-state index in [2.05, 4.69) is 37.6 Å². The molecular formula is C20H28ClN5OS. The number of hydrogen-bond acceptors (Lipinski definition) is 5. The Hall–Kier alpha value is -1.83. The summed E-state index contributed by atoms with van der Waals surface area (Å²) < 4.78 is 0.679. The van der Waals surface area contributed by atoms with Gasteiger partial charge in [0, 0.05) is 36.2 Å². The number of aliphatic hydroxyl groups excluding tert-OH is 1. The van der Waals surface area contributed by atoms with Crippen LogP contribution in [0.2, 0.25) is 4.34 Å². The maximum atomic E-state index is 10.3. The third-order valence-corrected chi connectivity index (χ3v) is 6.05. The zero-order valence-electron chi connectivity index (χ0n) is 16.4. The van der Waals surface area contributed by atoms with Gasteiger partial charge in [0.1, 0.15) is 11.9 Å². The summed E-state index contributed by atoms with van der Waals surface area (Å²) in [6.07, 6.45) is 1.40. The van der Waals surface area contributed by atoms with Crippen molar-refractivity contribution in [2.24, 2.45) is 4.99 Å². The third-order valence-electron chi connectivity index (χ3n) is 4.72. The van der Waals surface area contributed by atoms with Gasteiger partial charge in [-0.1, -0.05) is 17.7 Å². The molecule has 1 saturated heterocycles. The summed E-state index contributed by atoms with van der Waals surface area (Å²) in [5, 5.41) is 17.1. The van der Waals surface area contributed by atoms with Gasteiger partial charge in [0.25, 0.3) is 0 Å².